The quantitative estimate of drug-likeness (QED) is 0.344. The average molecular weight is 413 g/mol. The molecule has 0 atom stereocenters. The van der Waals surface area contributed by atoms with Crippen LogP contribution in [0.15, 0.2) is 52.1 Å². The second-order valence-corrected chi connectivity index (χ2v) is 7.17. The molecule has 4 nitrogen and oxygen atoms in total. The lowest BCUT2D eigenvalue weighted by molar-refractivity contribution is 0.302. The van der Waals surface area contributed by atoms with Crippen LogP contribution in [0.2, 0.25) is 10.0 Å². The molecule has 3 aromatic rings. The number of benzene rings is 2. The molecule has 3 rings (SSSR count). The lowest BCUT2D eigenvalue weighted by Crippen LogP contribution is -2.00. The number of nitrogens with zero attached hydrogens (tertiary/aromatic N) is 2. The monoisotopic (exact) mass is 412 g/mol. The molecular weight excluding hydrogens is 398 g/mol. The van der Waals surface area contributed by atoms with E-state index in [9.17, 15) is 4.39 Å². The lowest BCUT2D eigenvalue weighted by Gasteiger charge is -2.07. The second kappa shape index (κ2) is 9.26. The van der Waals surface area contributed by atoms with Crippen LogP contribution in [0.3, 0.4) is 0 Å². The van der Waals surface area contributed by atoms with Gasteiger partial charge in [0.25, 0.3) is 5.22 Å². The number of hydrogen-bond acceptors (Lipinski definition) is 5. The number of hydrogen-bond donors (Lipinski definition) is 0. The van der Waals surface area contributed by atoms with E-state index in [4.69, 9.17) is 32.4 Å². The van der Waals surface area contributed by atoms with Gasteiger partial charge in [-0.25, -0.2) is 4.39 Å². The van der Waals surface area contributed by atoms with Crippen LogP contribution < -0.4 is 4.74 Å². The van der Waals surface area contributed by atoms with Gasteiger partial charge in [-0.1, -0.05) is 47.1 Å². The van der Waals surface area contributed by atoms with Crippen molar-refractivity contribution in [3.8, 4) is 5.75 Å². The van der Waals surface area contributed by atoms with Gasteiger partial charge in [0.15, 0.2) is 0 Å². The minimum atomic E-state index is -0.249. The number of aryl methyl sites for hydroxylation is 1. The highest BCUT2D eigenvalue weighted by Crippen LogP contribution is 2.27. The van der Waals surface area contributed by atoms with Crippen molar-refractivity contribution >= 4 is 35.0 Å². The molecule has 0 fully saturated rings. The molecule has 1 aromatic heterocycles. The minimum absolute atomic E-state index is 0.249. The van der Waals surface area contributed by atoms with Gasteiger partial charge in [-0.05, 0) is 42.3 Å². The van der Waals surface area contributed by atoms with Gasteiger partial charge in [-0.2, -0.15) is 0 Å². The third-order valence-corrected chi connectivity index (χ3v) is 4.83. The first kappa shape index (κ1) is 19.0. The van der Waals surface area contributed by atoms with Gasteiger partial charge in [-0.15, -0.1) is 10.2 Å². The van der Waals surface area contributed by atoms with Crippen LogP contribution in [-0.4, -0.2) is 16.8 Å². The molecular formula is C18H15Cl2FN2O2S. The highest BCUT2D eigenvalue weighted by molar-refractivity contribution is 7.98. The first-order chi connectivity index (χ1) is 12.6. The SMILES string of the molecule is Fc1ccc(CSc2nnc(CCCOc3ccc(Cl)cc3Cl)o2)cc1. The van der Waals surface area contributed by atoms with Crippen molar-refractivity contribution in [2.75, 3.05) is 6.61 Å². The Balaban J connectivity index is 1.41. The van der Waals surface area contributed by atoms with Crippen molar-refractivity contribution in [2.24, 2.45) is 0 Å². The van der Waals surface area contributed by atoms with Crippen molar-refractivity contribution < 1.29 is 13.5 Å². The molecule has 0 aliphatic carbocycles. The summed E-state index contributed by atoms with van der Waals surface area (Å²) < 4.78 is 24.1. The summed E-state index contributed by atoms with van der Waals surface area (Å²) in [5.41, 5.74) is 0.990. The van der Waals surface area contributed by atoms with Gasteiger partial charge >= 0.3 is 0 Å². The van der Waals surface area contributed by atoms with E-state index in [0.29, 0.717) is 52.1 Å². The van der Waals surface area contributed by atoms with Crippen LogP contribution in [0.5, 0.6) is 5.75 Å². The highest BCUT2D eigenvalue weighted by atomic mass is 35.5. The molecule has 0 N–H and O–H groups in total. The molecule has 8 heteroatoms. The standard InChI is InChI=1S/C18H15Cl2FN2O2S/c19-13-5-8-16(15(20)10-13)24-9-1-2-17-22-23-18(25-17)26-11-12-3-6-14(21)7-4-12/h3-8,10H,1-2,9,11H2. The topological polar surface area (TPSA) is 48.2 Å². The van der Waals surface area contributed by atoms with Crippen molar-refractivity contribution in [1.82, 2.24) is 10.2 Å². The zero-order valence-electron chi connectivity index (χ0n) is 13.6. The van der Waals surface area contributed by atoms with E-state index in [0.717, 1.165) is 5.56 Å². The van der Waals surface area contributed by atoms with E-state index in [1.165, 1.54) is 23.9 Å². The maximum Gasteiger partial charge on any atom is 0.276 e. The number of rotatable bonds is 8. The molecule has 0 amide bonds. The first-order valence-electron chi connectivity index (χ1n) is 7.87. The van der Waals surface area contributed by atoms with Crippen molar-refractivity contribution in [3.05, 3.63) is 69.8 Å². The minimum Gasteiger partial charge on any atom is -0.492 e. The number of ether oxygens (including phenoxy) is 1. The van der Waals surface area contributed by atoms with Crippen molar-refractivity contribution in [3.63, 3.8) is 0 Å². The van der Waals surface area contributed by atoms with E-state index in [1.807, 2.05) is 0 Å². The number of halogens is 3. The Morgan fingerprint density at radius 1 is 1.08 bits per heavy atom. The highest BCUT2D eigenvalue weighted by Gasteiger charge is 2.08. The Morgan fingerprint density at radius 2 is 1.88 bits per heavy atom. The van der Waals surface area contributed by atoms with Crippen molar-refractivity contribution in [2.45, 2.75) is 23.8 Å². The molecule has 0 aliphatic heterocycles. The Kier molecular flexibility index (Phi) is 6.77. The van der Waals surface area contributed by atoms with Gasteiger partial charge in [0.05, 0.1) is 11.6 Å². The Labute approximate surface area is 164 Å². The molecule has 0 saturated heterocycles. The van der Waals surface area contributed by atoms with E-state index in [2.05, 4.69) is 10.2 Å². The van der Waals surface area contributed by atoms with Gasteiger partial charge in [0.2, 0.25) is 5.89 Å². The van der Waals surface area contributed by atoms with Crippen LogP contribution in [0, 0.1) is 5.82 Å². The molecule has 0 saturated carbocycles. The fourth-order valence-corrected chi connectivity index (χ4v) is 3.32. The molecule has 0 aliphatic rings. The molecule has 0 radical (unpaired) electrons. The zero-order chi connectivity index (χ0) is 18.4. The first-order valence-corrected chi connectivity index (χ1v) is 9.62. The van der Waals surface area contributed by atoms with E-state index < -0.39 is 0 Å². The van der Waals surface area contributed by atoms with Crippen LogP contribution in [-0.2, 0) is 12.2 Å². The van der Waals surface area contributed by atoms with Crippen molar-refractivity contribution in [1.29, 1.82) is 0 Å². The number of thioether (sulfide) groups is 1. The largest absolute Gasteiger partial charge is 0.492 e. The fraction of sp³-hybridized carbons (Fsp3) is 0.222. The van der Waals surface area contributed by atoms with Gasteiger partial charge < -0.3 is 9.15 Å². The summed E-state index contributed by atoms with van der Waals surface area (Å²) in [5.74, 6) is 1.54. The fourth-order valence-electron chi connectivity index (χ4n) is 2.12. The maximum absolute atomic E-state index is 12.9. The molecule has 26 heavy (non-hydrogen) atoms. The molecule has 0 unspecified atom stereocenters. The van der Waals surface area contributed by atoms with Crippen LogP contribution in [0.4, 0.5) is 4.39 Å². The third kappa shape index (κ3) is 5.62. The Hall–Kier alpha value is -1.76. The second-order valence-electron chi connectivity index (χ2n) is 5.40. The molecule has 2 aromatic carbocycles. The summed E-state index contributed by atoms with van der Waals surface area (Å²) in [6.45, 7) is 0.474. The van der Waals surface area contributed by atoms with E-state index in [1.54, 1.807) is 30.3 Å². The van der Waals surface area contributed by atoms with Gasteiger partial charge in [0, 0.05) is 17.2 Å². The molecule has 1 heterocycles. The third-order valence-electron chi connectivity index (χ3n) is 3.41. The van der Waals surface area contributed by atoms with Gasteiger partial charge in [0.1, 0.15) is 11.6 Å². The average Bonchev–Trinajstić information content (AvgIpc) is 3.07. The number of aromatic nitrogens is 2. The van der Waals surface area contributed by atoms with Gasteiger partial charge in [-0.3, -0.25) is 0 Å². The molecule has 0 spiro atoms. The summed E-state index contributed by atoms with van der Waals surface area (Å²) in [4.78, 5) is 0. The van der Waals surface area contributed by atoms with E-state index in [-0.39, 0.29) is 5.82 Å². The summed E-state index contributed by atoms with van der Waals surface area (Å²) in [5, 5.41) is 9.57. The van der Waals surface area contributed by atoms with Crippen LogP contribution in [0.25, 0.3) is 0 Å². The lowest BCUT2D eigenvalue weighted by atomic mass is 10.2. The van der Waals surface area contributed by atoms with E-state index >= 15 is 0 Å². The predicted molar refractivity (Wildman–Crippen MR) is 101 cm³/mol. The predicted octanol–water partition coefficient (Wildman–Crippen LogP) is 5.82. The summed E-state index contributed by atoms with van der Waals surface area (Å²) >= 11 is 13.3. The smallest absolute Gasteiger partial charge is 0.276 e. The van der Waals surface area contributed by atoms with Crippen LogP contribution >= 0.6 is 35.0 Å². The summed E-state index contributed by atoms with van der Waals surface area (Å²) in [6.07, 6.45) is 1.32. The maximum atomic E-state index is 12.9. The zero-order valence-corrected chi connectivity index (χ0v) is 16.0. The molecule has 136 valence electrons. The normalized spacial score (nSPS) is 10.9. The summed E-state index contributed by atoms with van der Waals surface area (Å²) in [6, 6.07) is 11.4. The Morgan fingerprint density at radius 3 is 2.65 bits per heavy atom. The van der Waals surface area contributed by atoms with Crippen LogP contribution in [0.1, 0.15) is 17.9 Å². The molecule has 0 bridgehead atoms. The summed E-state index contributed by atoms with van der Waals surface area (Å²) in [7, 11) is 0. The Bertz CT molecular complexity index is 859.